The van der Waals surface area contributed by atoms with Crippen molar-refractivity contribution in [2.75, 3.05) is 11.9 Å². The van der Waals surface area contributed by atoms with Crippen LogP contribution in [0.25, 0.3) is 16.1 Å². The van der Waals surface area contributed by atoms with E-state index in [0.717, 1.165) is 61.9 Å². The number of amides is 1. The molecule has 1 N–H and O–H groups in total. The van der Waals surface area contributed by atoms with E-state index in [-0.39, 0.29) is 11.9 Å². The van der Waals surface area contributed by atoms with Gasteiger partial charge < -0.3 is 10.2 Å². The van der Waals surface area contributed by atoms with Crippen LogP contribution in [0.1, 0.15) is 49.2 Å². The van der Waals surface area contributed by atoms with Gasteiger partial charge in [0.1, 0.15) is 11.6 Å². The lowest BCUT2D eigenvalue weighted by Crippen LogP contribution is -2.35. The maximum absolute atomic E-state index is 12.7. The van der Waals surface area contributed by atoms with Gasteiger partial charge in [0.05, 0.1) is 33.2 Å². The number of halogens is 1. The van der Waals surface area contributed by atoms with Crippen molar-refractivity contribution < 1.29 is 9.18 Å². The summed E-state index contributed by atoms with van der Waals surface area (Å²) in [6.07, 6.45) is 6.64. The van der Waals surface area contributed by atoms with Crippen LogP contribution in [0.15, 0.2) is 48.1 Å². The third kappa shape index (κ3) is 7.75. The van der Waals surface area contributed by atoms with E-state index in [1.807, 2.05) is 65.9 Å². The minimum atomic E-state index is -0.331. The highest BCUT2D eigenvalue weighted by atomic mass is 32.1. The Morgan fingerprint density at radius 1 is 1.05 bits per heavy atom. The zero-order valence-corrected chi connectivity index (χ0v) is 24.2. The second-order valence-corrected chi connectivity index (χ2v) is 10.5. The summed E-state index contributed by atoms with van der Waals surface area (Å²) in [6, 6.07) is 7.23. The Balaban J connectivity index is 0.000000202. The SMILES string of the molecule is CC.C[C@H]1CC(c2ccc(F)cn2)=CCN1C=O.Cc1ccc(Nc2nc(-c3sc(C)nc3C)cs2)nc1. The maximum atomic E-state index is 12.7. The molecule has 200 valence electrons. The zero-order chi connectivity index (χ0) is 27.7. The van der Waals surface area contributed by atoms with Crippen molar-refractivity contribution in [2.24, 2.45) is 0 Å². The van der Waals surface area contributed by atoms with Crippen LogP contribution in [0.5, 0.6) is 0 Å². The van der Waals surface area contributed by atoms with Crippen LogP contribution in [0.3, 0.4) is 0 Å². The maximum Gasteiger partial charge on any atom is 0.210 e. The first-order chi connectivity index (χ1) is 18.3. The van der Waals surface area contributed by atoms with Crippen LogP contribution in [-0.2, 0) is 4.79 Å². The molecule has 4 aromatic rings. The van der Waals surface area contributed by atoms with Crippen molar-refractivity contribution in [3.63, 3.8) is 0 Å². The third-order valence-electron chi connectivity index (χ3n) is 5.61. The molecule has 0 unspecified atom stereocenters. The highest BCUT2D eigenvalue weighted by Crippen LogP contribution is 2.32. The van der Waals surface area contributed by atoms with Crippen LogP contribution < -0.4 is 5.32 Å². The molecule has 1 aliphatic heterocycles. The smallest absolute Gasteiger partial charge is 0.210 e. The number of anilines is 2. The Morgan fingerprint density at radius 3 is 2.42 bits per heavy atom. The molecular formula is C28H33FN6OS2. The molecule has 0 aromatic carbocycles. The molecule has 0 aliphatic carbocycles. The van der Waals surface area contributed by atoms with Crippen molar-refractivity contribution in [3.8, 4) is 10.6 Å². The molecule has 10 heteroatoms. The Bertz CT molecular complexity index is 1350. The minimum absolute atomic E-state index is 0.171. The van der Waals surface area contributed by atoms with Crippen LogP contribution in [0.2, 0.25) is 0 Å². The van der Waals surface area contributed by atoms with Gasteiger partial charge in [0, 0.05) is 24.2 Å². The first kappa shape index (κ1) is 29.1. The van der Waals surface area contributed by atoms with E-state index >= 15 is 0 Å². The van der Waals surface area contributed by atoms with Gasteiger partial charge in [0.15, 0.2) is 5.13 Å². The van der Waals surface area contributed by atoms with Gasteiger partial charge in [-0.3, -0.25) is 9.78 Å². The fourth-order valence-corrected chi connectivity index (χ4v) is 5.36. The average Bonchev–Trinajstić information content (AvgIpc) is 3.52. The molecule has 0 saturated heterocycles. The molecule has 0 fully saturated rings. The van der Waals surface area contributed by atoms with Gasteiger partial charge in [0.2, 0.25) is 6.41 Å². The number of thiazole rings is 2. The number of carbonyl (C=O) groups is 1. The number of hydrogen-bond acceptors (Lipinski definition) is 8. The number of carbonyl (C=O) groups excluding carboxylic acids is 1. The van der Waals surface area contributed by atoms with Crippen molar-refractivity contribution in [2.45, 2.75) is 54.0 Å². The van der Waals surface area contributed by atoms with Gasteiger partial charge in [0.25, 0.3) is 0 Å². The summed E-state index contributed by atoms with van der Waals surface area (Å²) in [5.74, 6) is 0.483. The minimum Gasteiger partial charge on any atom is -0.338 e. The van der Waals surface area contributed by atoms with Gasteiger partial charge in [-0.25, -0.2) is 19.3 Å². The summed E-state index contributed by atoms with van der Waals surface area (Å²) in [5.41, 5.74) is 5.03. The quantitative estimate of drug-likeness (QED) is 0.263. The second kappa shape index (κ2) is 13.9. The van der Waals surface area contributed by atoms with E-state index in [0.29, 0.717) is 6.54 Å². The van der Waals surface area contributed by atoms with Gasteiger partial charge in [-0.2, -0.15) is 0 Å². The summed E-state index contributed by atoms with van der Waals surface area (Å²) in [4.78, 5) is 31.0. The predicted molar refractivity (Wildman–Crippen MR) is 155 cm³/mol. The lowest BCUT2D eigenvalue weighted by molar-refractivity contribution is -0.119. The molecule has 38 heavy (non-hydrogen) atoms. The molecule has 0 saturated carbocycles. The van der Waals surface area contributed by atoms with E-state index in [4.69, 9.17) is 0 Å². The molecule has 4 aromatic heterocycles. The monoisotopic (exact) mass is 552 g/mol. The number of aromatic nitrogens is 4. The number of pyridine rings is 2. The Labute approximate surface area is 231 Å². The molecule has 5 rings (SSSR count). The van der Waals surface area contributed by atoms with Crippen molar-refractivity contribution in [3.05, 3.63) is 75.9 Å². The largest absolute Gasteiger partial charge is 0.338 e. The third-order valence-corrected chi connectivity index (χ3v) is 7.46. The molecule has 5 heterocycles. The predicted octanol–water partition coefficient (Wildman–Crippen LogP) is 7.21. The van der Waals surface area contributed by atoms with E-state index in [9.17, 15) is 9.18 Å². The summed E-state index contributed by atoms with van der Waals surface area (Å²) in [7, 11) is 0. The second-order valence-electron chi connectivity index (χ2n) is 8.48. The molecule has 0 bridgehead atoms. The summed E-state index contributed by atoms with van der Waals surface area (Å²) in [6.45, 7) is 12.6. The molecule has 0 spiro atoms. The van der Waals surface area contributed by atoms with Crippen molar-refractivity contribution in [1.29, 1.82) is 0 Å². The number of aryl methyl sites for hydroxylation is 3. The summed E-state index contributed by atoms with van der Waals surface area (Å²) >= 11 is 3.26. The lowest BCUT2D eigenvalue weighted by atomic mass is 9.99. The topological polar surface area (TPSA) is 83.9 Å². The first-order valence-electron chi connectivity index (χ1n) is 12.4. The summed E-state index contributed by atoms with van der Waals surface area (Å²) in [5, 5.41) is 7.20. The van der Waals surface area contributed by atoms with Gasteiger partial charge in [-0.15, -0.1) is 22.7 Å². The Kier molecular flexibility index (Phi) is 10.6. The zero-order valence-electron chi connectivity index (χ0n) is 22.5. The fraction of sp³-hybridized carbons (Fsp3) is 0.321. The Morgan fingerprint density at radius 2 is 1.84 bits per heavy atom. The van der Waals surface area contributed by atoms with E-state index in [1.165, 1.54) is 12.3 Å². The van der Waals surface area contributed by atoms with Crippen LogP contribution in [0, 0.1) is 26.6 Å². The summed E-state index contributed by atoms with van der Waals surface area (Å²) < 4.78 is 12.7. The standard InChI is InChI=1S/C14H14N4S2.C12H13FN2O.C2H6/c1-8-4-5-12(15-6-8)18-14-17-11(7-19-14)13-9(2)16-10(3)20-13;1-9-6-10(4-5-15(9)8-16)12-3-2-11(13)7-14-12;1-2/h4-7H,1-3H3,(H,15,17,18);2-4,7-9H,5-6H2,1H3;1-2H3/t;9-;/m.0./s1. The van der Waals surface area contributed by atoms with E-state index in [2.05, 4.69) is 30.6 Å². The van der Waals surface area contributed by atoms with Crippen molar-refractivity contribution in [1.82, 2.24) is 24.8 Å². The van der Waals surface area contributed by atoms with Gasteiger partial charge >= 0.3 is 0 Å². The molecule has 1 aliphatic rings. The first-order valence-corrected chi connectivity index (χ1v) is 14.1. The van der Waals surface area contributed by atoms with Crippen LogP contribution >= 0.6 is 22.7 Å². The normalized spacial score (nSPS) is 14.4. The van der Waals surface area contributed by atoms with E-state index in [1.54, 1.807) is 33.6 Å². The lowest BCUT2D eigenvalue weighted by Gasteiger charge is -2.29. The number of hydrogen-bond donors (Lipinski definition) is 1. The molecular weight excluding hydrogens is 519 g/mol. The van der Waals surface area contributed by atoms with Crippen LogP contribution in [-0.4, -0.2) is 43.8 Å². The number of nitrogens with one attached hydrogen (secondary N) is 1. The van der Waals surface area contributed by atoms with E-state index < -0.39 is 0 Å². The van der Waals surface area contributed by atoms with Crippen molar-refractivity contribution >= 4 is 45.6 Å². The highest BCUT2D eigenvalue weighted by Gasteiger charge is 2.19. The average molecular weight is 553 g/mol. The molecule has 1 amide bonds. The molecule has 7 nitrogen and oxygen atoms in total. The number of nitrogens with zero attached hydrogens (tertiary/aromatic N) is 5. The van der Waals surface area contributed by atoms with Crippen LogP contribution in [0.4, 0.5) is 15.3 Å². The van der Waals surface area contributed by atoms with Gasteiger partial charge in [-0.1, -0.05) is 26.0 Å². The Hall–Kier alpha value is -3.50. The molecule has 1 atom stereocenters. The van der Waals surface area contributed by atoms with Gasteiger partial charge in [-0.05, 0) is 63.5 Å². The fourth-order valence-electron chi connectivity index (χ4n) is 3.69. The molecule has 0 radical (unpaired) electrons. The highest BCUT2D eigenvalue weighted by molar-refractivity contribution is 7.16. The number of rotatable bonds is 5.